The largest absolute Gasteiger partial charge is 0.504 e. The zero-order chi connectivity index (χ0) is 21.7. The minimum absolute atomic E-state index is 0.414. The Labute approximate surface area is 179 Å². The Hall–Kier alpha value is -3.24. The van der Waals surface area contributed by atoms with Gasteiger partial charge in [0.2, 0.25) is 0 Å². The van der Waals surface area contributed by atoms with Gasteiger partial charge in [0.05, 0.1) is 37.7 Å². The Morgan fingerprint density at radius 1 is 1.17 bits per heavy atom. The Balaban J connectivity index is 2.02. The van der Waals surface area contributed by atoms with Crippen LogP contribution in [0.25, 0.3) is 27.2 Å². The second kappa shape index (κ2) is 9.51. The van der Waals surface area contributed by atoms with E-state index >= 15 is 0 Å². The third-order valence-corrected chi connectivity index (χ3v) is 5.44. The van der Waals surface area contributed by atoms with Crippen molar-refractivity contribution in [2.24, 2.45) is 5.92 Å². The Bertz CT molecular complexity index is 1120. The van der Waals surface area contributed by atoms with Crippen molar-refractivity contribution in [3.8, 4) is 33.0 Å². The van der Waals surface area contributed by atoms with Crippen molar-refractivity contribution in [3.63, 3.8) is 0 Å². The van der Waals surface area contributed by atoms with Crippen molar-refractivity contribution in [1.82, 2.24) is 10.2 Å². The van der Waals surface area contributed by atoms with Crippen LogP contribution in [0.2, 0.25) is 0 Å². The predicted molar refractivity (Wildman–Crippen MR) is 117 cm³/mol. The number of benzene rings is 2. The van der Waals surface area contributed by atoms with Crippen molar-refractivity contribution >= 4 is 17.4 Å². The number of nitrogens with zero attached hydrogens (tertiary/aromatic N) is 3. The summed E-state index contributed by atoms with van der Waals surface area (Å²) >= 11 is 1.32. The lowest BCUT2D eigenvalue weighted by Crippen LogP contribution is -1.97. The van der Waals surface area contributed by atoms with E-state index in [0.29, 0.717) is 38.4 Å². The molecule has 0 aliphatic rings. The molecule has 3 rings (SSSR count). The molecule has 0 radical (unpaired) electrons. The Kier molecular flexibility index (Phi) is 6.80. The van der Waals surface area contributed by atoms with E-state index in [4.69, 9.17) is 9.47 Å². The molecule has 154 valence electrons. The van der Waals surface area contributed by atoms with Gasteiger partial charge in [-0.1, -0.05) is 37.3 Å². The number of methoxy groups -OCH3 is 2. The molecular formula is C23H22FN3O2S. The molecule has 0 unspecified atom stereocenters. The van der Waals surface area contributed by atoms with Gasteiger partial charge in [0.1, 0.15) is 16.6 Å². The molecule has 0 atom stereocenters. The van der Waals surface area contributed by atoms with Gasteiger partial charge in [0.15, 0.2) is 5.01 Å². The molecule has 0 fully saturated rings. The quantitative estimate of drug-likeness (QED) is 0.456. The molecule has 0 N–H and O–H groups in total. The second-order valence-electron chi connectivity index (χ2n) is 7.11. The van der Waals surface area contributed by atoms with Crippen LogP contribution in [0.15, 0.2) is 36.6 Å². The predicted octanol–water partition coefficient (Wildman–Crippen LogP) is 5.71. The number of nitriles is 1. The highest BCUT2D eigenvalue weighted by atomic mass is 32.1. The van der Waals surface area contributed by atoms with Gasteiger partial charge < -0.3 is 9.47 Å². The molecule has 5 nitrogen and oxygen atoms in total. The number of rotatable bonds is 7. The van der Waals surface area contributed by atoms with Crippen molar-refractivity contribution in [1.29, 1.82) is 5.26 Å². The average molecular weight is 424 g/mol. The zero-order valence-corrected chi connectivity index (χ0v) is 18.1. The average Bonchev–Trinajstić information content (AvgIpc) is 3.21. The first-order valence-electron chi connectivity index (χ1n) is 9.41. The summed E-state index contributed by atoms with van der Waals surface area (Å²) in [6.07, 6.45) is 3.91. The maximum absolute atomic E-state index is 14.2. The third-order valence-electron chi connectivity index (χ3n) is 4.43. The number of ether oxygens (including phenoxy) is 2. The number of aromatic nitrogens is 2. The summed E-state index contributed by atoms with van der Waals surface area (Å²) in [5.74, 6) is 0.526. The van der Waals surface area contributed by atoms with Crippen molar-refractivity contribution in [3.05, 3.63) is 59.1 Å². The number of hydrogen-bond donors (Lipinski definition) is 0. The number of halogens is 1. The summed E-state index contributed by atoms with van der Waals surface area (Å²) in [5.41, 5.74) is 3.50. The monoisotopic (exact) mass is 423 g/mol. The minimum atomic E-state index is -0.414. The highest BCUT2D eigenvalue weighted by Crippen LogP contribution is 2.38. The highest BCUT2D eigenvalue weighted by Gasteiger charge is 2.18. The van der Waals surface area contributed by atoms with E-state index in [0.717, 1.165) is 17.5 Å². The van der Waals surface area contributed by atoms with Crippen molar-refractivity contribution in [2.45, 2.75) is 20.3 Å². The Morgan fingerprint density at radius 2 is 1.93 bits per heavy atom. The van der Waals surface area contributed by atoms with E-state index < -0.39 is 5.82 Å². The maximum atomic E-state index is 14.2. The molecule has 7 heteroatoms. The first kappa shape index (κ1) is 21.5. The molecule has 0 saturated carbocycles. The smallest absolute Gasteiger partial charge is 0.151 e. The third kappa shape index (κ3) is 4.66. The lowest BCUT2D eigenvalue weighted by molar-refractivity contribution is 0.341. The SMILES string of the molecule is CO/C=C/c1cc(F)cc(-c2nnc(-c3ccc(CC(C)C)c(C#N)c3)s2)c1OC. The van der Waals surface area contributed by atoms with Crippen LogP contribution < -0.4 is 4.74 Å². The molecule has 0 saturated heterocycles. The molecule has 2 aromatic carbocycles. The van der Waals surface area contributed by atoms with Crippen LogP contribution in [-0.2, 0) is 11.2 Å². The van der Waals surface area contributed by atoms with Gasteiger partial charge in [0, 0.05) is 11.1 Å². The summed E-state index contributed by atoms with van der Waals surface area (Å²) in [4.78, 5) is 0. The van der Waals surface area contributed by atoms with Crippen LogP contribution in [0, 0.1) is 23.1 Å². The fourth-order valence-corrected chi connectivity index (χ4v) is 4.00. The van der Waals surface area contributed by atoms with Gasteiger partial charge in [-0.05, 0) is 42.2 Å². The normalized spacial score (nSPS) is 11.1. The molecule has 0 aliphatic carbocycles. The van der Waals surface area contributed by atoms with Gasteiger partial charge in [0.25, 0.3) is 0 Å². The van der Waals surface area contributed by atoms with Crippen LogP contribution in [0.1, 0.15) is 30.5 Å². The molecule has 0 aliphatic heterocycles. The van der Waals surface area contributed by atoms with Crippen LogP contribution in [0.5, 0.6) is 5.75 Å². The molecule has 0 amide bonds. The van der Waals surface area contributed by atoms with Crippen LogP contribution in [0.3, 0.4) is 0 Å². The van der Waals surface area contributed by atoms with E-state index in [1.165, 1.54) is 44.0 Å². The Morgan fingerprint density at radius 3 is 2.60 bits per heavy atom. The standard InChI is InChI=1S/C23H22FN3O2S/c1-14(2)9-15-5-6-17(10-18(15)13-25)22-26-27-23(30-22)20-12-19(24)11-16(7-8-28-3)21(20)29-4/h5-8,10-12,14H,9H2,1-4H3/b8-7+. The molecule has 0 spiro atoms. The minimum Gasteiger partial charge on any atom is -0.504 e. The second-order valence-corrected chi connectivity index (χ2v) is 8.09. The summed E-state index contributed by atoms with van der Waals surface area (Å²) in [6, 6.07) is 10.7. The summed E-state index contributed by atoms with van der Waals surface area (Å²) < 4.78 is 24.7. The van der Waals surface area contributed by atoms with E-state index in [1.54, 1.807) is 6.08 Å². The highest BCUT2D eigenvalue weighted by molar-refractivity contribution is 7.18. The molecule has 1 heterocycles. The molecule has 1 aromatic heterocycles. The van der Waals surface area contributed by atoms with E-state index in [9.17, 15) is 9.65 Å². The van der Waals surface area contributed by atoms with Crippen LogP contribution in [-0.4, -0.2) is 24.4 Å². The van der Waals surface area contributed by atoms with Gasteiger partial charge in [-0.2, -0.15) is 5.26 Å². The van der Waals surface area contributed by atoms with E-state index in [-0.39, 0.29) is 0 Å². The lowest BCUT2D eigenvalue weighted by Gasteiger charge is -2.10. The number of hydrogen-bond acceptors (Lipinski definition) is 6. The van der Waals surface area contributed by atoms with Gasteiger partial charge in [-0.15, -0.1) is 10.2 Å². The molecular weight excluding hydrogens is 401 g/mol. The van der Waals surface area contributed by atoms with E-state index in [1.807, 2.05) is 18.2 Å². The molecule has 3 aromatic rings. The fraction of sp³-hybridized carbons (Fsp3) is 0.261. The van der Waals surface area contributed by atoms with Crippen molar-refractivity contribution < 1.29 is 13.9 Å². The van der Waals surface area contributed by atoms with E-state index in [2.05, 4.69) is 30.1 Å². The fourth-order valence-electron chi connectivity index (χ4n) is 3.15. The van der Waals surface area contributed by atoms with Gasteiger partial charge >= 0.3 is 0 Å². The van der Waals surface area contributed by atoms with Crippen LogP contribution in [0.4, 0.5) is 4.39 Å². The molecule has 30 heavy (non-hydrogen) atoms. The van der Waals surface area contributed by atoms with Crippen LogP contribution >= 0.6 is 11.3 Å². The first-order chi connectivity index (χ1) is 14.5. The van der Waals surface area contributed by atoms with Gasteiger partial charge in [-0.3, -0.25) is 0 Å². The maximum Gasteiger partial charge on any atom is 0.151 e. The summed E-state index contributed by atoms with van der Waals surface area (Å²) in [5, 5.41) is 19.2. The first-order valence-corrected chi connectivity index (χ1v) is 10.2. The zero-order valence-electron chi connectivity index (χ0n) is 17.3. The topological polar surface area (TPSA) is 68.0 Å². The lowest BCUT2D eigenvalue weighted by atomic mass is 9.97. The molecule has 0 bridgehead atoms. The van der Waals surface area contributed by atoms with Gasteiger partial charge in [-0.25, -0.2) is 4.39 Å². The van der Waals surface area contributed by atoms with Crippen molar-refractivity contribution in [2.75, 3.05) is 14.2 Å². The summed E-state index contributed by atoms with van der Waals surface area (Å²) in [7, 11) is 3.04. The summed E-state index contributed by atoms with van der Waals surface area (Å²) in [6.45, 7) is 4.24.